The normalized spacial score (nSPS) is 33.1. The van der Waals surface area contributed by atoms with E-state index in [0.717, 1.165) is 17.3 Å². The van der Waals surface area contributed by atoms with E-state index in [1.807, 2.05) is 22.9 Å². The molecule has 1 N–H and O–H groups in total. The molecule has 5 nitrogen and oxygen atoms in total. The summed E-state index contributed by atoms with van der Waals surface area (Å²) in [6.07, 6.45) is 2.05. The average Bonchev–Trinajstić information content (AvgIpc) is 2.98. The van der Waals surface area contributed by atoms with Crippen LogP contribution in [0.25, 0.3) is 0 Å². The lowest BCUT2D eigenvalue weighted by atomic mass is 9.95. The van der Waals surface area contributed by atoms with Crippen molar-refractivity contribution in [3.05, 3.63) is 44.8 Å². The molecule has 4 atom stereocenters. The predicted molar refractivity (Wildman–Crippen MR) is 99.1 cm³/mol. The van der Waals surface area contributed by atoms with E-state index in [1.54, 1.807) is 12.1 Å². The van der Waals surface area contributed by atoms with Crippen molar-refractivity contribution in [1.29, 1.82) is 0 Å². The Morgan fingerprint density at radius 2 is 1.67 bits per heavy atom. The Hall–Kier alpha value is -1.32. The summed E-state index contributed by atoms with van der Waals surface area (Å²) in [7, 11) is 4.49. The van der Waals surface area contributed by atoms with Crippen molar-refractivity contribution in [2.24, 2.45) is 0 Å². The van der Waals surface area contributed by atoms with Crippen LogP contribution in [0.1, 0.15) is 22.6 Å². The first-order valence-corrected chi connectivity index (χ1v) is 10.7. The van der Waals surface area contributed by atoms with Gasteiger partial charge in [-0.25, -0.2) is 4.79 Å². The van der Waals surface area contributed by atoms with Gasteiger partial charge in [-0.3, -0.25) is 0 Å². The number of thiophene rings is 2. The number of epoxide rings is 1. The second-order valence-electron chi connectivity index (χ2n) is 7.99. The summed E-state index contributed by atoms with van der Waals surface area (Å²) >= 11 is 2.74. The molecule has 3 aliphatic heterocycles. The highest BCUT2D eigenvalue weighted by Crippen LogP contribution is 2.52. The first-order chi connectivity index (χ1) is 12.4. The fourth-order valence-electron chi connectivity index (χ4n) is 4.83. The van der Waals surface area contributed by atoms with E-state index in [2.05, 4.69) is 14.1 Å². The topological polar surface area (TPSA) is 59.1 Å². The fraction of sp³-hybridized carbons (Fsp3) is 0.526. The van der Waals surface area contributed by atoms with Gasteiger partial charge in [0.15, 0.2) is 0 Å². The van der Waals surface area contributed by atoms with Gasteiger partial charge in [-0.1, -0.05) is 12.1 Å². The molecule has 0 amide bonds. The predicted octanol–water partition coefficient (Wildman–Crippen LogP) is -0.650. The SMILES string of the molecule is C[N+]1(C)C2CC(OC(=O)C(O)(c3cccs3)c3cccs3)CC1C1OC12.[F-]. The molecule has 146 valence electrons. The summed E-state index contributed by atoms with van der Waals surface area (Å²) in [4.78, 5) is 14.3. The van der Waals surface area contributed by atoms with Crippen LogP contribution in [0.15, 0.2) is 35.0 Å². The molecule has 0 aromatic carbocycles. The Balaban J connectivity index is 0.00000180. The molecule has 3 aliphatic rings. The number of nitrogens with zero attached hydrogens (tertiary/aromatic N) is 1. The maximum absolute atomic E-state index is 13.1. The highest BCUT2D eigenvalue weighted by atomic mass is 32.1. The summed E-state index contributed by atoms with van der Waals surface area (Å²) in [5.41, 5.74) is -1.72. The summed E-state index contributed by atoms with van der Waals surface area (Å²) in [5, 5.41) is 15.1. The molecule has 0 spiro atoms. The van der Waals surface area contributed by atoms with Crippen LogP contribution in [0.4, 0.5) is 0 Å². The number of hydrogen-bond acceptors (Lipinski definition) is 6. The van der Waals surface area contributed by atoms with Gasteiger partial charge < -0.3 is 23.8 Å². The van der Waals surface area contributed by atoms with Crippen LogP contribution in [-0.2, 0) is 19.9 Å². The van der Waals surface area contributed by atoms with Crippen molar-refractivity contribution in [3.8, 4) is 0 Å². The Morgan fingerprint density at radius 3 is 2.11 bits per heavy atom. The van der Waals surface area contributed by atoms with Gasteiger partial charge in [0.25, 0.3) is 0 Å². The third kappa shape index (κ3) is 2.69. The first kappa shape index (κ1) is 19.0. The van der Waals surface area contributed by atoms with Crippen LogP contribution in [0, 0.1) is 0 Å². The molecule has 3 fully saturated rings. The molecule has 5 heterocycles. The smallest absolute Gasteiger partial charge is 0.349 e. The average molecular weight is 412 g/mol. The summed E-state index contributed by atoms with van der Waals surface area (Å²) in [6.45, 7) is 0. The zero-order chi connectivity index (χ0) is 18.1. The van der Waals surface area contributed by atoms with Gasteiger partial charge in [0.05, 0.1) is 23.8 Å². The van der Waals surface area contributed by atoms with Crippen LogP contribution >= 0.6 is 22.7 Å². The number of fused-ring (bicyclic) bond motifs is 5. The number of aliphatic hydroxyl groups is 1. The third-order valence-electron chi connectivity index (χ3n) is 6.36. The molecule has 8 heteroatoms. The number of carbonyl (C=O) groups is 1. The molecule has 0 aliphatic carbocycles. The van der Waals surface area contributed by atoms with Crippen LogP contribution in [-0.4, -0.2) is 60.0 Å². The molecule has 0 radical (unpaired) electrons. The van der Waals surface area contributed by atoms with Crippen molar-refractivity contribution in [2.45, 2.75) is 48.8 Å². The van der Waals surface area contributed by atoms with Crippen molar-refractivity contribution in [3.63, 3.8) is 0 Å². The number of carbonyl (C=O) groups excluding carboxylic acids is 1. The van der Waals surface area contributed by atoms with Crippen LogP contribution in [0.5, 0.6) is 0 Å². The van der Waals surface area contributed by atoms with Gasteiger partial charge in [-0.05, 0) is 22.9 Å². The molecule has 4 unspecified atom stereocenters. The van der Waals surface area contributed by atoms with Crippen LogP contribution in [0.2, 0.25) is 0 Å². The Kier molecular flexibility index (Phi) is 4.47. The molecule has 2 aromatic rings. The zero-order valence-corrected chi connectivity index (χ0v) is 16.7. The number of rotatable bonds is 4. The molecule has 27 heavy (non-hydrogen) atoms. The standard InChI is InChI=1S/C19H22NO4S2.FH/c1-20(2)12-9-11(10-13(20)17-16(12)24-17)23-18(21)19(22,14-5-3-7-25-14)15-6-4-8-26-15;/h3-8,11-13,16-17,22H,9-10H2,1-2H3;1H/q+1;/p-1. The minimum Gasteiger partial charge on any atom is -1.00 e. The molecule has 0 saturated carbocycles. The maximum atomic E-state index is 13.1. The van der Waals surface area contributed by atoms with E-state index < -0.39 is 11.6 Å². The molecule has 3 saturated heterocycles. The van der Waals surface area contributed by atoms with Crippen molar-refractivity contribution in [2.75, 3.05) is 14.1 Å². The number of piperidine rings is 1. The van der Waals surface area contributed by atoms with Crippen molar-refractivity contribution < 1.29 is 28.6 Å². The van der Waals surface area contributed by atoms with E-state index in [1.165, 1.54) is 22.7 Å². The number of halogens is 1. The van der Waals surface area contributed by atoms with Gasteiger partial charge in [-0.15, -0.1) is 22.7 Å². The van der Waals surface area contributed by atoms with E-state index in [9.17, 15) is 9.90 Å². The summed E-state index contributed by atoms with van der Waals surface area (Å²) in [6, 6.07) is 8.01. The highest BCUT2D eigenvalue weighted by molar-refractivity contribution is 7.12. The Labute approximate surface area is 165 Å². The second-order valence-corrected chi connectivity index (χ2v) is 9.89. The van der Waals surface area contributed by atoms with E-state index in [4.69, 9.17) is 9.47 Å². The molecule has 2 bridgehead atoms. The number of quaternary nitrogens is 1. The molecular weight excluding hydrogens is 389 g/mol. The summed E-state index contributed by atoms with van der Waals surface area (Å²) in [5.74, 6) is -0.561. The Bertz CT molecular complexity index is 769. The number of ether oxygens (including phenoxy) is 2. The van der Waals surface area contributed by atoms with Gasteiger partial charge in [0, 0.05) is 12.8 Å². The fourth-order valence-corrected chi connectivity index (χ4v) is 6.54. The minimum absolute atomic E-state index is 0. The monoisotopic (exact) mass is 411 g/mol. The number of hydrogen-bond donors (Lipinski definition) is 1. The van der Waals surface area contributed by atoms with E-state index in [0.29, 0.717) is 34.0 Å². The number of esters is 1. The second kappa shape index (κ2) is 6.35. The quantitative estimate of drug-likeness (QED) is 0.413. The van der Waals surface area contributed by atoms with E-state index in [-0.39, 0.29) is 10.8 Å². The number of likely N-dealkylation sites (N-methyl/N-ethyl adjacent to an activating group) is 1. The van der Waals surface area contributed by atoms with Crippen LogP contribution < -0.4 is 4.70 Å². The van der Waals surface area contributed by atoms with Gasteiger partial charge in [0.1, 0.15) is 30.4 Å². The van der Waals surface area contributed by atoms with Crippen molar-refractivity contribution in [1.82, 2.24) is 0 Å². The zero-order valence-electron chi connectivity index (χ0n) is 15.1. The van der Waals surface area contributed by atoms with Crippen LogP contribution in [0.3, 0.4) is 0 Å². The summed E-state index contributed by atoms with van der Waals surface area (Å²) < 4.78 is 12.6. The van der Waals surface area contributed by atoms with E-state index >= 15 is 0 Å². The Morgan fingerprint density at radius 1 is 1.15 bits per heavy atom. The minimum atomic E-state index is -1.72. The maximum Gasteiger partial charge on any atom is 0.349 e. The lowest BCUT2D eigenvalue weighted by Crippen LogP contribution is -3.00. The van der Waals surface area contributed by atoms with Crippen molar-refractivity contribution >= 4 is 28.6 Å². The lowest BCUT2D eigenvalue weighted by molar-refractivity contribution is -0.938. The van der Waals surface area contributed by atoms with Gasteiger partial charge in [0.2, 0.25) is 5.60 Å². The highest BCUT2D eigenvalue weighted by Gasteiger charge is 2.71. The van der Waals surface area contributed by atoms with Gasteiger partial charge >= 0.3 is 5.97 Å². The third-order valence-corrected chi connectivity index (χ3v) is 8.32. The molecular formula is C19H22FNO4S2. The lowest BCUT2D eigenvalue weighted by Gasteiger charge is -2.45. The first-order valence-electron chi connectivity index (χ1n) is 8.92. The van der Waals surface area contributed by atoms with Gasteiger partial charge in [-0.2, -0.15) is 0 Å². The number of morpholine rings is 1. The largest absolute Gasteiger partial charge is 1.00 e. The molecule has 5 rings (SSSR count). The molecule has 2 aromatic heterocycles.